The van der Waals surface area contributed by atoms with Crippen LogP contribution in [0.1, 0.15) is 137 Å². The van der Waals surface area contributed by atoms with E-state index in [0.29, 0.717) is 24.5 Å². The number of rotatable bonds is 24. The Balaban J connectivity index is 1.01. The molecule has 3 saturated heterocycles. The van der Waals surface area contributed by atoms with Gasteiger partial charge >= 0.3 is 0 Å². The number of hydrogen-bond donors (Lipinski definition) is 20. The molecule has 8 aliphatic heterocycles. The van der Waals surface area contributed by atoms with E-state index in [1.165, 1.54) is 63.4 Å². The first-order chi connectivity index (χ1) is 61.8. The Bertz CT molecular complexity index is 5280. The largest absolute Gasteiger partial charge is 0.508 e. The van der Waals surface area contributed by atoms with Crippen molar-refractivity contribution in [3.05, 3.63) is 178 Å². The van der Waals surface area contributed by atoms with Crippen molar-refractivity contribution in [3.63, 3.8) is 0 Å². The maximum absolute atomic E-state index is 16.7. The topological polar surface area (TPSA) is 565 Å². The minimum absolute atomic E-state index is 0.00539. The van der Waals surface area contributed by atoms with Crippen LogP contribution in [-0.2, 0) is 68.6 Å². The Morgan fingerprint density at radius 1 is 0.669 bits per heavy atom. The summed E-state index contributed by atoms with van der Waals surface area (Å²) in [6.07, 6.45) is -22.0. The van der Waals surface area contributed by atoms with Gasteiger partial charge in [-0.05, 0) is 186 Å². The fraction of sp³-hybridized carbons (Fsp3) is 0.451. The number of primary amides is 1. The first-order valence-corrected chi connectivity index (χ1v) is 43.0. The number of nitrogens with one attached hydrogen (secondary N) is 9. The average molecular weight is 1820 g/mol. The molecule has 8 amide bonds. The summed E-state index contributed by atoms with van der Waals surface area (Å²) in [5, 5.41) is 131. The van der Waals surface area contributed by atoms with Crippen LogP contribution in [0.15, 0.2) is 140 Å². The van der Waals surface area contributed by atoms with Crippen LogP contribution in [0.4, 0.5) is 0 Å². The summed E-state index contributed by atoms with van der Waals surface area (Å²) in [7, 11) is 5.10. The highest BCUT2D eigenvalue weighted by Gasteiger charge is 2.53. The first-order valence-electron chi connectivity index (χ1n) is 42.6. The second-order valence-corrected chi connectivity index (χ2v) is 35.0. The van der Waals surface area contributed by atoms with Gasteiger partial charge in [-0.2, -0.15) is 0 Å². The van der Waals surface area contributed by atoms with E-state index in [1.807, 2.05) is 75.3 Å². The molecule has 8 aliphatic rings. The normalized spacial score (nSPS) is 29.0. The first kappa shape index (κ1) is 96.2. The van der Waals surface area contributed by atoms with E-state index in [4.69, 9.17) is 65.7 Å². The quantitative estimate of drug-likeness (QED) is 0.0386. The van der Waals surface area contributed by atoms with Gasteiger partial charge in [0.25, 0.3) is 0 Å². The highest BCUT2D eigenvalue weighted by atomic mass is 35.5. The molecule has 0 unspecified atom stereocenters. The number of fused-ring (bicyclic) bond motifs is 15. The molecule has 130 heavy (non-hydrogen) atoms. The number of ether oxygens (including phenoxy) is 9. The number of nitrogens with zero attached hydrogens (tertiary/aromatic N) is 1. The molecule has 15 rings (SSSR count). The van der Waals surface area contributed by atoms with Crippen LogP contribution in [-0.4, -0.2) is 242 Å². The molecule has 39 heteroatoms. The van der Waals surface area contributed by atoms with Crippen molar-refractivity contribution in [1.82, 2.24) is 52.8 Å². The SMILES string of the molecule is CN[C@H](CC(C)C)C(=O)N[C@H]1C(=O)N[C@@H](CC(N)=O)C(=O)N[C@H]2C(=O)N[C@H]3C(=O)N[C@H](C(=O)N[C@@H](C(=O)NCCCN(C)C)c4cc(O)cc(O)c4-c4cc3ccc4O)[C@H](O[C@H]3C[C@](C)(N)[C@@H](O)[C@H](C)O3)c3ccc(cc3)Oc3cc2cc(c3O[C@@H]2O[C@H](CO)[C@@H](O)[C@H](O)[C@H]2O[C@H]2C[C@](C)(NCc3ccc(Oc4ccccc4)cc3)[C@@H](O)[C@H](C)O2)Oc2ccc(cc2Cl)[C@H]1O. The third-order valence-corrected chi connectivity index (χ3v) is 24.0. The van der Waals surface area contributed by atoms with E-state index in [1.54, 1.807) is 26.0 Å². The number of para-hydroxylation sites is 1. The number of halogens is 1. The van der Waals surface area contributed by atoms with Crippen LogP contribution < -0.4 is 78.3 Å². The summed E-state index contributed by atoms with van der Waals surface area (Å²) in [4.78, 5) is 125. The van der Waals surface area contributed by atoms with Gasteiger partial charge in [0.2, 0.25) is 59.3 Å². The number of benzene rings is 7. The van der Waals surface area contributed by atoms with E-state index in [0.717, 1.165) is 48.0 Å². The number of aliphatic hydroxyl groups is 6. The summed E-state index contributed by atoms with van der Waals surface area (Å²) in [5.41, 5.74) is 8.76. The van der Waals surface area contributed by atoms with Crippen molar-refractivity contribution in [1.29, 1.82) is 0 Å². The van der Waals surface area contributed by atoms with Gasteiger partial charge in [0.15, 0.2) is 30.2 Å². The van der Waals surface area contributed by atoms with Crippen LogP contribution in [0.5, 0.6) is 57.5 Å². The molecule has 0 spiro atoms. The lowest BCUT2D eigenvalue weighted by molar-refractivity contribution is -0.334. The van der Waals surface area contributed by atoms with Crippen LogP contribution in [0, 0.1) is 5.92 Å². The molecule has 7 aromatic carbocycles. The Labute approximate surface area is 753 Å². The number of phenols is 3. The molecule has 22 N–H and O–H groups in total. The van der Waals surface area contributed by atoms with E-state index in [9.17, 15) is 55.5 Å². The monoisotopic (exact) mass is 1820 g/mol. The molecule has 8 heterocycles. The number of aromatic hydroxyl groups is 3. The Kier molecular flexibility index (Phi) is 30.3. The van der Waals surface area contributed by atoms with Gasteiger partial charge in [-0.3, -0.25) is 38.4 Å². The van der Waals surface area contributed by atoms with E-state index >= 15 is 28.8 Å². The van der Waals surface area contributed by atoms with Crippen molar-refractivity contribution in [2.24, 2.45) is 17.4 Å². The van der Waals surface area contributed by atoms with Crippen LogP contribution in [0.25, 0.3) is 11.1 Å². The standard InChI is InChI=1S/C91H111ClN12O26/c1-42(2)30-57(95-7)82(115)102-72-74(110)48-21-27-61(56(92)32-48)126-63-34-49-33-62(78(63)130-89-79(76(112)75(111)64(41-105)127-89)129-67-39-91(6,81(114)44(4)123-67)97-40-45-16-22-52(23-17-45)124-51-14-11-10-12-15-51)125-53-24-18-46(19-25-53)77(128-66-38-90(5,94)80(113)43(3)122-66)73-88(121)101-71(84(117)96-28-13-29-104(8)9)55-35-50(106)36-60(108)68(55)54-31-47(20-26-59(54)107)69(85(118)103-73)100-86(119)70(49)99-83(116)58(37-65(93)109)98-87(72)120/h10-12,14-27,31-36,42-44,57-58,64,66-67,69-77,79-81,89,95,97,105-108,110-114H,13,28-30,37-41,94H2,1-9H3,(H2,93,109)(H,96,117)(H,98,120)(H,99,116)(H,100,119)(H,101,121)(H,102,115)(H,103,118)/t43-,44-,57+,58-,64+,66-,67-,69+,70+,71+,72+,73-,74+,75+,76-,77+,79+,80-,81-,89-,90-,91-/m0/s1. The highest BCUT2D eigenvalue weighted by molar-refractivity contribution is 6.32. The van der Waals surface area contributed by atoms with Gasteiger partial charge in [0, 0.05) is 54.2 Å². The third kappa shape index (κ3) is 22.1. The van der Waals surface area contributed by atoms with Gasteiger partial charge in [-0.15, -0.1) is 0 Å². The summed E-state index contributed by atoms with van der Waals surface area (Å²) in [5.74, 6) is -12.9. The number of aliphatic hydroxyl groups excluding tert-OH is 6. The third-order valence-electron chi connectivity index (χ3n) is 23.7. The minimum Gasteiger partial charge on any atom is -0.508 e. The van der Waals surface area contributed by atoms with Gasteiger partial charge in [-0.1, -0.05) is 80.0 Å². The van der Waals surface area contributed by atoms with Crippen molar-refractivity contribution >= 4 is 58.9 Å². The van der Waals surface area contributed by atoms with Gasteiger partial charge in [-0.25, -0.2) is 0 Å². The summed E-state index contributed by atoms with van der Waals surface area (Å²) >= 11 is 7.26. The number of nitrogens with two attached hydrogens (primary N) is 2. The van der Waals surface area contributed by atoms with Gasteiger partial charge in [0.05, 0.1) is 48.5 Å². The minimum atomic E-state index is -2.35. The van der Waals surface area contributed by atoms with Crippen LogP contribution in [0.3, 0.4) is 0 Å². The highest BCUT2D eigenvalue weighted by Crippen LogP contribution is 2.50. The molecule has 0 aromatic heterocycles. The number of phenolic OH excluding ortho intramolecular Hbond substituents is 3. The maximum atomic E-state index is 16.7. The summed E-state index contributed by atoms with van der Waals surface area (Å²) in [6, 6.07) is 19.2. The van der Waals surface area contributed by atoms with Crippen molar-refractivity contribution < 1.29 is 127 Å². The fourth-order valence-corrected chi connectivity index (χ4v) is 16.9. The molecule has 38 nitrogen and oxygen atoms in total. The van der Waals surface area contributed by atoms with Crippen molar-refractivity contribution in [3.8, 4) is 68.6 Å². The molecule has 22 atom stereocenters. The molecule has 0 radical (unpaired) electrons. The number of amides is 8. The van der Waals surface area contributed by atoms with Crippen molar-refractivity contribution in [2.45, 2.75) is 213 Å². The lowest BCUT2D eigenvalue weighted by Crippen LogP contribution is -2.65. The summed E-state index contributed by atoms with van der Waals surface area (Å²) < 4.78 is 59.4. The second kappa shape index (κ2) is 40.9. The predicted molar refractivity (Wildman–Crippen MR) is 465 cm³/mol. The zero-order valence-electron chi connectivity index (χ0n) is 72.7. The smallest absolute Gasteiger partial charge is 0.248 e. The van der Waals surface area contributed by atoms with E-state index in [2.05, 4.69) is 47.9 Å². The molecule has 3 fully saturated rings. The van der Waals surface area contributed by atoms with Gasteiger partial charge in [0.1, 0.15) is 107 Å². The Morgan fingerprint density at radius 2 is 1.32 bits per heavy atom. The van der Waals surface area contributed by atoms with Crippen LogP contribution >= 0.6 is 11.6 Å². The predicted octanol–water partition coefficient (Wildman–Crippen LogP) is 3.30. The Morgan fingerprint density at radius 3 is 1.98 bits per heavy atom. The molecule has 698 valence electrons. The average Bonchev–Trinajstić information content (AvgIpc) is 0.742. The molecule has 7 aromatic rings. The molecule has 11 bridgehead atoms. The number of hydrogen-bond acceptors (Lipinski definition) is 30. The van der Waals surface area contributed by atoms with Gasteiger partial charge < -0.3 is 153 Å². The second-order valence-electron chi connectivity index (χ2n) is 34.6. The number of carbonyl (C=O) groups excluding carboxylic acids is 8. The summed E-state index contributed by atoms with van der Waals surface area (Å²) in [6.45, 7) is 9.69. The molecule has 0 aliphatic carbocycles. The van der Waals surface area contributed by atoms with E-state index in [-0.39, 0.29) is 82.6 Å². The molecular weight excluding hydrogens is 1710 g/mol. The Hall–Kier alpha value is -11.4. The lowest BCUT2D eigenvalue weighted by Gasteiger charge is -2.48. The molecular formula is C91H111ClN12O26. The zero-order chi connectivity index (χ0) is 93.6. The zero-order valence-corrected chi connectivity index (χ0v) is 73.5. The molecule has 0 saturated carbocycles. The number of carbonyl (C=O) groups is 8. The van der Waals surface area contributed by atoms with Crippen molar-refractivity contribution in [2.75, 3.05) is 40.8 Å². The number of likely N-dealkylation sites (N-methyl/N-ethyl adjacent to an activating group) is 1. The van der Waals surface area contributed by atoms with E-state index < -0.39 is 239 Å². The maximum Gasteiger partial charge on any atom is 0.248 e. The fourth-order valence-electron chi connectivity index (χ4n) is 16.7. The van der Waals surface area contributed by atoms with Crippen LogP contribution in [0.2, 0.25) is 5.02 Å². The lowest BCUT2D eigenvalue weighted by atomic mass is 9.84.